The second-order valence-corrected chi connectivity index (χ2v) is 7.13. The van der Waals surface area contributed by atoms with Gasteiger partial charge < -0.3 is 4.74 Å². The molecule has 3 aromatic heterocycles. The van der Waals surface area contributed by atoms with Gasteiger partial charge >= 0.3 is 5.69 Å². The summed E-state index contributed by atoms with van der Waals surface area (Å²) in [6.07, 6.45) is 3.52. The predicted molar refractivity (Wildman–Crippen MR) is 112 cm³/mol. The first-order valence-electron chi connectivity index (χ1n) is 8.73. The third-order valence-electron chi connectivity index (χ3n) is 4.17. The first-order valence-corrected chi connectivity index (χ1v) is 9.48. The molecule has 0 spiro atoms. The molecular weight excluding hydrogens is 463 g/mol. The average molecular weight is 473 g/mol. The van der Waals surface area contributed by atoms with E-state index in [0.29, 0.717) is 5.56 Å². The van der Waals surface area contributed by atoms with E-state index >= 15 is 0 Å². The molecule has 3 N–H and O–H groups in total. The van der Waals surface area contributed by atoms with Gasteiger partial charge in [0.1, 0.15) is 6.07 Å². The van der Waals surface area contributed by atoms with Crippen LogP contribution in [0.25, 0.3) is 5.69 Å². The van der Waals surface area contributed by atoms with Crippen LogP contribution in [0.3, 0.4) is 0 Å². The van der Waals surface area contributed by atoms with E-state index in [2.05, 4.69) is 25.5 Å². The molecule has 0 fully saturated rings. The smallest absolute Gasteiger partial charge is 0.349 e. The lowest BCUT2D eigenvalue weighted by Gasteiger charge is -2.12. The molecule has 0 radical (unpaired) electrons. The predicted octanol–water partition coefficient (Wildman–Crippen LogP) is 1.29. The Kier molecular flexibility index (Phi) is 5.59. The molecule has 14 heteroatoms. The molecule has 0 saturated heterocycles. The maximum absolute atomic E-state index is 12.1. The van der Waals surface area contributed by atoms with Crippen LogP contribution in [0.4, 0.5) is 0 Å². The van der Waals surface area contributed by atoms with Crippen molar-refractivity contribution in [2.45, 2.75) is 6.42 Å². The number of hydrogen-bond donors (Lipinski definition) is 3. The maximum Gasteiger partial charge on any atom is 0.349 e. The monoisotopic (exact) mass is 472 g/mol. The fourth-order valence-corrected chi connectivity index (χ4v) is 3.27. The number of nitriles is 1. The van der Waals surface area contributed by atoms with Crippen LogP contribution < -0.4 is 21.5 Å². The number of H-pyrrole nitrogens is 3. The van der Waals surface area contributed by atoms with Crippen molar-refractivity contribution in [2.24, 2.45) is 0 Å². The molecule has 3 heterocycles. The number of nitrogens with one attached hydrogen (secondary N) is 3. The van der Waals surface area contributed by atoms with Crippen LogP contribution in [0.5, 0.6) is 11.6 Å². The summed E-state index contributed by atoms with van der Waals surface area (Å²) in [6.45, 7) is 0. The van der Waals surface area contributed by atoms with Gasteiger partial charge in [0, 0.05) is 24.2 Å². The van der Waals surface area contributed by atoms with Gasteiger partial charge in [0.2, 0.25) is 11.6 Å². The van der Waals surface area contributed by atoms with Crippen molar-refractivity contribution in [3.63, 3.8) is 0 Å². The van der Waals surface area contributed by atoms with Crippen molar-refractivity contribution in [1.82, 2.24) is 35.2 Å². The van der Waals surface area contributed by atoms with E-state index < -0.39 is 22.5 Å². The van der Waals surface area contributed by atoms with E-state index in [-0.39, 0.29) is 33.8 Å². The molecule has 0 aliphatic carbocycles. The Bertz CT molecular complexity index is 1510. The number of benzene rings is 1. The molecule has 0 saturated carbocycles. The molecule has 32 heavy (non-hydrogen) atoms. The highest BCUT2D eigenvalue weighted by Gasteiger charge is 2.16. The van der Waals surface area contributed by atoms with Gasteiger partial charge in [0.25, 0.3) is 11.1 Å². The third kappa shape index (κ3) is 4.15. The molecule has 4 rings (SSSR count). The van der Waals surface area contributed by atoms with E-state index in [0.717, 1.165) is 10.2 Å². The Balaban J connectivity index is 1.69. The van der Waals surface area contributed by atoms with Crippen molar-refractivity contribution in [3.8, 4) is 23.4 Å². The second kappa shape index (κ2) is 8.50. The summed E-state index contributed by atoms with van der Waals surface area (Å²) in [5.74, 6) is 0.0228. The summed E-state index contributed by atoms with van der Waals surface area (Å²) in [7, 11) is 0. The van der Waals surface area contributed by atoms with Gasteiger partial charge in [0.15, 0.2) is 5.75 Å². The fourth-order valence-electron chi connectivity index (χ4n) is 2.72. The van der Waals surface area contributed by atoms with Crippen molar-refractivity contribution < 1.29 is 4.74 Å². The van der Waals surface area contributed by atoms with Crippen LogP contribution in [0.15, 0.2) is 45.0 Å². The zero-order valence-corrected chi connectivity index (χ0v) is 17.2. The average Bonchev–Trinajstić information content (AvgIpc) is 3.26. The number of ether oxygens (including phenoxy) is 1. The lowest BCUT2D eigenvalue weighted by Crippen LogP contribution is -2.33. The third-order valence-corrected chi connectivity index (χ3v) is 4.74. The van der Waals surface area contributed by atoms with E-state index in [1.807, 2.05) is 4.98 Å². The van der Waals surface area contributed by atoms with Crippen molar-refractivity contribution in [3.05, 3.63) is 88.7 Å². The highest BCUT2D eigenvalue weighted by atomic mass is 35.5. The van der Waals surface area contributed by atoms with Crippen LogP contribution in [-0.4, -0.2) is 35.2 Å². The van der Waals surface area contributed by atoms with Gasteiger partial charge in [-0.3, -0.25) is 19.7 Å². The highest BCUT2D eigenvalue weighted by Crippen LogP contribution is 2.37. The van der Waals surface area contributed by atoms with E-state index in [9.17, 15) is 14.4 Å². The molecule has 0 aliphatic rings. The Hall–Kier alpha value is -4.21. The molecular formula is C18H10Cl2N8O4. The number of aromatic amines is 3. The Labute approximate surface area is 187 Å². The molecule has 4 aromatic rings. The first kappa shape index (κ1) is 21.0. The molecule has 0 atom stereocenters. The summed E-state index contributed by atoms with van der Waals surface area (Å²) in [5.41, 5.74) is -1.48. The zero-order valence-electron chi connectivity index (χ0n) is 15.7. The molecule has 0 aliphatic heterocycles. The second-order valence-electron chi connectivity index (χ2n) is 6.32. The van der Waals surface area contributed by atoms with E-state index in [1.165, 1.54) is 18.2 Å². The Morgan fingerprint density at radius 1 is 1.12 bits per heavy atom. The zero-order chi connectivity index (χ0) is 22.8. The molecule has 12 nitrogen and oxygen atoms in total. The van der Waals surface area contributed by atoms with Crippen LogP contribution in [-0.2, 0) is 6.42 Å². The molecule has 0 amide bonds. The van der Waals surface area contributed by atoms with Gasteiger partial charge in [-0.05, 0) is 17.7 Å². The minimum atomic E-state index is -0.915. The highest BCUT2D eigenvalue weighted by molar-refractivity contribution is 6.37. The minimum absolute atomic E-state index is 0.00359. The number of aromatic nitrogens is 7. The standard InChI is InChI=1S/C18H10Cl2N8O4/c19-11-3-10(28-18(31)24-17(30)13(5-21)27-28)4-12(20)15(11)32-14-2-9(16(29)26-25-14)1-8-6-22-23-7-8/h2-4,6-7H,1H2,(H,22,23)(H,26,29)(H,24,30,31). The summed E-state index contributed by atoms with van der Waals surface area (Å²) < 4.78 is 6.42. The van der Waals surface area contributed by atoms with Gasteiger partial charge in [0.05, 0.1) is 21.9 Å². The lowest BCUT2D eigenvalue weighted by molar-refractivity contribution is 0.453. The molecule has 0 unspecified atom stereocenters. The number of nitrogens with zero attached hydrogens (tertiary/aromatic N) is 5. The number of halogens is 2. The van der Waals surface area contributed by atoms with Gasteiger partial charge in [-0.2, -0.15) is 15.0 Å². The number of hydrogen-bond acceptors (Lipinski definition) is 8. The normalized spacial score (nSPS) is 10.7. The minimum Gasteiger partial charge on any atom is -0.434 e. The van der Waals surface area contributed by atoms with Gasteiger partial charge in [-0.15, -0.1) is 10.2 Å². The lowest BCUT2D eigenvalue weighted by atomic mass is 10.1. The van der Waals surface area contributed by atoms with Crippen molar-refractivity contribution >= 4 is 23.2 Å². The SMILES string of the molecule is N#Cc1nn(-c2cc(Cl)c(Oc3cc(Cc4cn[nH]c4)c(=O)[nH]n3)c(Cl)c2)c(=O)[nH]c1=O. The van der Waals surface area contributed by atoms with E-state index in [4.69, 9.17) is 33.2 Å². The topological polar surface area (TPSA) is 175 Å². The summed E-state index contributed by atoms with van der Waals surface area (Å²) in [5, 5.41) is 25.3. The van der Waals surface area contributed by atoms with Crippen molar-refractivity contribution in [2.75, 3.05) is 0 Å². The van der Waals surface area contributed by atoms with Gasteiger partial charge in [-0.25, -0.2) is 9.89 Å². The molecule has 0 bridgehead atoms. The fraction of sp³-hybridized carbons (Fsp3) is 0.0556. The van der Waals surface area contributed by atoms with Crippen molar-refractivity contribution in [1.29, 1.82) is 5.26 Å². The molecule has 1 aromatic carbocycles. The first-order chi connectivity index (χ1) is 15.4. The van der Waals surface area contributed by atoms with Crippen LogP contribution >= 0.6 is 23.2 Å². The quantitative estimate of drug-likeness (QED) is 0.389. The van der Waals surface area contributed by atoms with Crippen LogP contribution in [0.2, 0.25) is 10.0 Å². The maximum atomic E-state index is 12.1. The van der Waals surface area contributed by atoms with Gasteiger partial charge in [-0.1, -0.05) is 23.2 Å². The summed E-state index contributed by atoms with van der Waals surface area (Å²) in [6, 6.07) is 5.61. The Morgan fingerprint density at radius 2 is 1.88 bits per heavy atom. The summed E-state index contributed by atoms with van der Waals surface area (Å²) >= 11 is 12.6. The molecule has 160 valence electrons. The Morgan fingerprint density at radius 3 is 2.53 bits per heavy atom. The van der Waals surface area contributed by atoms with Crippen LogP contribution in [0.1, 0.15) is 16.8 Å². The van der Waals surface area contributed by atoms with Crippen LogP contribution in [0, 0.1) is 11.3 Å². The summed E-state index contributed by atoms with van der Waals surface area (Å²) in [4.78, 5) is 37.6. The van der Waals surface area contributed by atoms with E-state index in [1.54, 1.807) is 18.5 Å². The largest absolute Gasteiger partial charge is 0.434 e. The number of rotatable bonds is 5.